The van der Waals surface area contributed by atoms with Crippen molar-refractivity contribution in [2.45, 2.75) is 57.5 Å². The number of fused-ring (bicyclic) bond motifs is 1. The maximum Gasteiger partial charge on any atom is 0.191 e. The van der Waals surface area contributed by atoms with Crippen LogP contribution >= 0.6 is 35.6 Å². The second-order valence-electron chi connectivity index (χ2n) is 7.62. The van der Waals surface area contributed by atoms with Crippen molar-refractivity contribution in [2.24, 2.45) is 4.99 Å². The van der Waals surface area contributed by atoms with Crippen LogP contribution < -0.4 is 10.6 Å². The SMILES string of the molecule is CCNC(=NCC1(c2cccc(Cl)c2)CC1)NC1CCc2nc(C)nn2C1.I. The minimum absolute atomic E-state index is 0. The molecule has 0 spiro atoms. The van der Waals surface area contributed by atoms with Crippen LogP contribution in [-0.4, -0.2) is 39.9 Å². The number of hydrogen-bond acceptors (Lipinski definition) is 3. The molecule has 6 nitrogen and oxygen atoms in total. The van der Waals surface area contributed by atoms with Gasteiger partial charge in [0.2, 0.25) is 0 Å². The van der Waals surface area contributed by atoms with Gasteiger partial charge in [-0.3, -0.25) is 4.99 Å². The zero-order valence-electron chi connectivity index (χ0n) is 16.4. The van der Waals surface area contributed by atoms with Gasteiger partial charge >= 0.3 is 0 Å². The first-order chi connectivity index (χ1) is 13.1. The summed E-state index contributed by atoms with van der Waals surface area (Å²) in [4.78, 5) is 9.40. The van der Waals surface area contributed by atoms with Crippen LogP contribution in [0.4, 0.5) is 0 Å². The largest absolute Gasteiger partial charge is 0.357 e. The maximum atomic E-state index is 6.19. The number of aliphatic imine (C=N–C) groups is 1. The van der Waals surface area contributed by atoms with E-state index in [1.54, 1.807) is 0 Å². The lowest BCUT2D eigenvalue weighted by Crippen LogP contribution is -2.47. The molecule has 1 atom stereocenters. The van der Waals surface area contributed by atoms with Crippen molar-refractivity contribution in [3.63, 3.8) is 0 Å². The molecule has 2 aliphatic rings. The van der Waals surface area contributed by atoms with E-state index < -0.39 is 0 Å². The second kappa shape index (κ2) is 8.98. The molecule has 1 aliphatic carbocycles. The standard InChI is InChI=1S/C20H27ClN6.HI/c1-3-22-19(25-17-7-8-18-24-14(2)26-27(18)12-17)23-13-20(9-10-20)15-5-4-6-16(21)11-15;/h4-6,11,17H,3,7-10,12-13H2,1-2H3,(H2,22,23,25);1H. The highest BCUT2D eigenvalue weighted by atomic mass is 127. The minimum atomic E-state index is 0. The number of hydrogen-bond donors (Lipinski definition) is 2. The molecular formula is C20H28ClIN6. The summed E-state index contributed by atoms with van der Waals surface area (Å²) in [5.41, 5.74) is 1.45. The molecule has 1 unspecified atom stereocenters. The van der Waals surface area contributed by atoms with Gasteiger partial charge in [-0.05, 0) is 50.8 Å². The number of rotatable bonds is 5. The fourth-order valence-corrected chi connectivity index (χ4v) is 3.99. The molecule has 0 saturated heterocycles. The Hall–Kier alpha value is -1.35. The van der Waals surface area contributed by atoms with E-state index in [2.05, 4.69) is 39.8 Å². The number of guanidine groups is 1. The van der Waals surface area contributed by atoms with E-state index in [1.165, 1.54) is 18.4 Å². The Morgan fingerprint density at radius 2 is 2.21 bits per heavy atom. The van der Waals surface area contributed by atoms with E-state index >= 15 is 0 Å². The average Bonchev–Trinajstić information content (AvgIpc) is 3.35. The Kier molecular flexibility index (Phi) is 6.85. The minimum Gasteiger partial charge on any atom is -0.357 e. The molecule has 2 heterocycles. The Morgan fingerprint density at radius 3 is 2.93 bits per heavy atom. The van der Waals surface area contributed by atoms with Gasteiger partial charge in [-0.15, -0.1) is 24.0 Å². The van der Waals surface area contributed by atoms with Crippen molar-refractivity contribution in [1.82, 2.24) is 25.4 Å². The first-order valence-electron chi connectivity index (χ1n) is 9.79. The molecule has 1 saturated carbocycles. The highest BCUT2D eigenvalue weighted by Crippen LogP contribution is 2.48. The summed E-state index contributed by atoms with van der Waals surface area (Å²) in [7, 11) is 0. The number of aryl methyl sites for hydroxylation is 2. The van der Waals surface area contributed by atoms with Gasteiger partial charge in [-0.1, -0.05) is 23.7 Å². The van der Waals surface area contributed by atoms with Gasteiger partial charge in [0.25, 0.3) is 0 Å². The van der Waals surface area contributed by atoms with Crippen molar-refractivity contribution in [3.8, 4) is 0 Å². The van der Waals surface area contributed by atoms with Gasteiger partial charge in [0.15, 0.2) is 5.96 Å². The van der Waals surface area contributed by atoms with Crippen LogP contribution in [0.5, 0.6) is 0 Å². The van der Waals surface area contributed by atoms with Gasteiger partial charge < -0.3 is 10.6 Å². The Balaban J connectivity index is 0.00000225. The van der Waals surface area contributed by atoms with Gasteiger partial charge in [-0.25, -0.2) is 9.67 Å². The van der Waals surface area contributed by atoms with Crippen molar-refractivity contribution < 1.29 is 0 Å². The fourth-order valence-electron chi connectivity index (χ4n) is 3.80. The summed E-state index contributed by atoms with van der Waals surface area (Å²) < 4.78 is 2.02. The lowest BCUT2D eigenvalue weighted by atomic mass is 9.96. The number of benzene rings is 1. The lowest BCUT2D eigenvalue weighted by Gasteiger charge is -2.25. The quantitative estimate of drug-likeness (QED) is 0.364. The number of nitrogens with one attached hydrogen (secondary N) is 2. The fraction of sp³-hybridized carbons (Fsp3) is 0.550. The smallest absolute Gasteiger partial charge is 0.191 e. The van der Waals surface area contributed by atoms with Gasteiger partial charge in [0.05, 0.1) is 13.1 Å². The van der Waals surface area contributed by atoms with Crippen molar-refractivity contribution in [2.75, 3.05) is 13.1 Å². The first kappa shape index (κ1) is 21.4. The molecule has 1 aromatic carbocycles. The highest BCUT2D eigenvalue weighted by Gasteiger charge is 2.44. The topological polar surface area (TPSA) is 67.1 Å². The van der Waals surface area contributed by atoms with Crippen molar-refractivity contribution in [1.29, 1.82) is 0 Å². The molecule has 1 aromatic heterocycles. The van der Waals surface area contributed by atoms with Gasteiger partial charge in [0.1, 0.15) is 11.6 Å². The number of nitrogens with zero attached hydrogens (tertiary/aromatic N) is 4. The molecular weight excluding hydrogens is 487 g/mol. The molecule has 8 heteroatoms. The Bertz CT molecular complexity index is 845. The predicted molar refractivity (Wildman–Crippen MR) is 124 cm³/mol. The van der Waals surface area contributed by atoms with Gasteiger partial charge in [-0.2, -0.15) is 5.10 Å². The molecule has 1 fully saturated rings. The monoisotopic (exact) mass is 514 g/mol. The van der Waals surface area contributed by atoms with Crippen LogP contribution in [-0.2, 0) is 18.4 Å². The molecule has 4 rings (SSSR count). The Labute approximate surface area is 188 Å². The van der Waals surface area contributed by atoms with E-state index in [0.29, 0.717) is 6.04 Å². The zero-order valence-corrected chi connectivity index (χ0v) is 19.5. The molecule has 1 aliphatic heterocycles. The zero-order chi connectivity index (χ0) is 18.9. The van der Waals surface area contributed by atoms with Crippen LogP contribution in [0.3, 0.4) is 0 Å². The van der Waals surface area contributed by atoms with Crippen LogP contribution in [0.2, 0.25) is 5.02 Å². The molecule has 2 aromatic rings. The van der Waals surface area contributed by atoms with E-state index in [9.17, 15) is 0 Å². The number of aromatic nitrogens is 3. The summed E-state index contributed by atoms with van der Waals surface area (Å²) in [6.45, 7) is 6.50. The third kappa shape index (κ3) is 4.79. The third-order valence-corrected chi connectivity index (χ3v) is 5.71. The molecule has 0 bridgehead atoms. The summed E-state index contributed by atoms with van der Waals surface area (Å²) in [5.74, 6) is 2.82. The van der Waals surface area contributed by atoms with Crippen LogP contribution in [0, 0.1) is 6.92 Å². The van der Waals surface area contributed by atoms with E-state index in [4.69, 9.17) is 16.6 Å². The van der Waals surface area contributed by atoms with E-state index in [0.717, 1.165) is 55.1 Å². The number of halogens is 2. The summed E-state index contributed by atoms with van der Waals surface area (Å²) in [6.07, 6.45) is 4.33. The molecule has 28 heavy (non-hydrogen) atoms. The van der Waals surface area contributed by atoms with E-state index in [1.807, 2.05) is 23.7 Å². The normalized spacial score (nSPS) is 20.1. The first-order valence-corrected chi connectivity index (χ1v) is 10.2. The predicted octanol–water partition coefficient (Wildman–Crippen LogP) is 3.46. The second-order valence-corrected chi connectivity index (χ2v) is 8.06. The maximum absolute atomic E-state index is 6.19. The lowest BCUT2D eigenvalue weighted by molar-refractivity contribution is 0.392. The highest BCUT2D eigenvalue weighted by molar-refractivity contribution is 14.0. The summed E-state index contributed by atoms with van der Waals surface area (Å²) in [6, 6.07) is 8.53. The Morgan fingerprint density at radius 1 is 1.39 bits per heavy atom. The van der Waals surface area contributed by atoms with E-state index in [-0.39, 0.29) is 29.4 Å². The molecule has 0 radical (unpaired) electrons. The van der Waals surface area contributed by atoms with Crippen LogP contribution in [0.1, 0.15) is 43.4 Å². The van der Waals surface area contributed by atoms with Crippen molar-refractivity contribution in [3.05, 3.63) is 46.5 Å². The van der Waals surface area contributed by atoms with Gasteiger partial charge in [0, 0.05) is 29.4 Å². The molecule has 152 valence electrons. The third-order valence-electron chi connectivity index (χ3n) is 5.48. The molecule has 0 amide bonds. The summed E-state index contributed by atoms with van der Waals surface area (Å²) >= 11 is 6.19. The van der Waals surface area contributed by atoms with Crippen molar-refractivity contribution >= 4 is 41.5 Å². The van der Waals surface area contributed by atoms with Crippen LogP contribution in [0.15, 0.2) is 29.3 Å². The summed E-state index contributed by atoms with van der Waals surface area (Å²) in [5, 5.41) is 12.3. The van der Waals surface area contributed by atoms with Crippen LogP contribution in [0.25, 0.3) is 0 Å². The molecule has 2 N–H and O–H groups in total. The average molecular weight is 515 g/mol.